The number of aromatic hydroxyl groups is 1. The summed E-state index contributed by atoms with van der Waals surface area (Å²) in [4.78, 5) is 13.9. The van der Waals surface area contributed by atoms with E-state index in [0.29, 0.717) is 38.5 Å². The van der Waals surface area contributed by atoms with E-state index in [0.717, 1.165) is 67.0 Å². The predicted molar refractivity (Wildman–Crippen MR) is 180 cm³/mol. The summed E-state index contributed by atoms with van der Waals surface area (Å²) in [5.41, 5.74) is 1.56. The van der Waals surface area contributed by atoms with E-state index in [1.807, 2.05) is 12.1 Å². The zero-order chi connectivity index (χ0) is 33.5. The van der Waals surface area contributed by atoms with Crippen LogP contribution in [0.25, 0.3) is 32.8 Å². The van der Waals surface area contributed by atoms with Crippen molar-refractivity contribution in [2.75, 3.05) is 51.0 Å². The van der Waals surface area contributed by atoms with Crippen molar-refractivity contribution in [3.8, 4) is 28.6 Å². The number of nitrogens with one attached hydrogen (secondary N) is 1. The monoisotopic (exact) mass is 685 g/mol. The van der Waals surface area contributed by atoms with Crippen molar-refractivity contribution >= 4 is 27.5 Å². The molecule has 6 aliphatic heterocycles. The SMILES string of the molecule is Oc1cc(-c2c(F)c3c4c(nc(OC[C@]56C[C@@H](F)CN5CC5(COC5)C6)nc4c2F)N2CC4CCC(N4)C2CO3)c2c3c(ccc2c1)CCC3. The van der Waals surface area contributed by atoms with Gasteiger partial charge in [-0.1, -0.05) is 12.1 Å². The molecule has 5 fully saturated rings. The number of anilines is 1. The molecular weight excluding hydrogens is 647 g/mol. The van der Waals surface area contributed by atoms with Crippen LogP contribution in [0.1, 0.15) is 43.2 Å². The Hall–Kier alpha value is -3.87. The van der Waals surface area contributed by atoms with Gasteiger partial charge in [-0.05, 0) is 78.1 Å². The normalized spacial score (nSPS) is 30.3. The first-order valence-corrected chi connectivity index (χ1v) is 18.0. The van der Waals surface area contributed by atoms with Crippen LogP contribution in [0.4, 0.5) is 19.0 Å². The van der Waals surface area contributed by atoms with Crippen LogP contribution in [0, 0.1) is 17.0 Å². The lowest BCUT2D eigenvalue weighted by Crippen LogP contribution is -2.60. The maximum atomic E-state index is 17.4. The highest BCUT2D eigenvalue weighted by molar-refractivity contribution is 6.05. The van der Waals surface area contributed by atoms with E-state index in [1.165, 1.54) is 6.07 Å². The summed E-state index contributed by atoms with van der Waals surface area (Å²) in [6.45, 7) is 3.35. The topological polar surface area (TPSA) is 92.2 Å². The molecule has 2 bridgehead atoms. The van der Waals surface area contributed by atoms with Crippen LogP contribution in [-0.4, -0.2) is 95.9 Å². The molecule has 12 heteroatoms. The molecule has 7 aliphatic rings. The molecule has 260 valence electrons. The molecule has 0 saturated carbocycles. The second-order valence-electron chi connectivity index (χ2n) is 16.0. The maximum Gasteiger partial charge on any atom is 0.319 e. The van der Waals surface area contributed by atoms with E-state index in [2.05, 4.69) is 20.1 Å². The second kappa shape index (κ2) is 10.4. The van der Waals surface area contributed by atoms with Gasteiger partial charge in [0.1, 0.15) is 36.5 Å². The van der Waals surface area contributed by atoms with Crippen molar-refractivity contribution in [1.29, 1.82) is 0 Å². The van der Waals surface area contributed by atoms with Gasteiger partial charge < -0.3 is 29.5 Å². The van der Waals surface area contributed by atoms with Gasteiger partial charge >= 0.3 is 6.01 Å². The number of piperazine rings is 1. The number of phenolic OH excluding ortho intramolecular Hbond substituents is 1. The fourth-order valence-electron chi connectivity index (χ4n) is 10.7. The first-order valence-electron chi connectivity index (χ1n) is 18.0. The summed E-state index contributed by atoms with van der Waals surface area (Å²) < 4.78 is 67.8. The molecule has 5 saturated heterocycles. The van der Waals surface area contributed by atoms with E-state index in [-0.39, 0.29) is 76.3 Å². The lowest BCUT2D eigenvalue weighted by Gasteiger charge is -2.40. The highest BCUT2D eigenvalue weighted by atomic mass is 19.1. The molecule has 2 N–H and O–H groups in total. The number of hydrogen-bond donors (Lipinski definition) is 2. The van der Waals surface area contributed by atoms with Gasteiger partial charge in [-0.2, -0.15) is 9.97 Å². The molecule has 50 heavy (non-hydrogen) atoms. The standard InChI is InChI=1S/C38H38F3N5O4/c39-21-10-38(14-37(16-48-17-37)15-45(38)11-21)18-50-36-43-33-30-34(49-13-27-26-7-6-22(42-26)12-46(27)35(30)44-36)32(41)29(31(33)40)25-9-23(47)8-20-5-4-19-2-1-3-24(19)28(20)25/h4-5,8-9,21-22,26-27,42,47H,1-3,6-7,10-18H2/t21-,22?,26?,27?,38-/m1/s1. The third kappa shape index (κ3) is 4.12. The Morgan fingerprint density at radius 1 is 1.06 bits per heavy atom. The minimum atomic E-state index is -0.961. The average molecular weight is 686 g/mol. The van der Waals surface area contributed by atoms with Gasteiger partial charge in [0.25, 0.3) is 0 Å². The van der Waals surface area contributed by atoms with Crippen molar-refractivity contribution in [3.05, 3.63) is 47.0 Å². The first kappa shape index (κ1) is 29.8. The number of halogens is 3. The number of rotatable bonds is 4. The highest BCUT2D eigenvalue weighted by Crippen LogP contribution is 2.53. The van der Waals surface area contributed by atoms with Gasteiger partial charge in [0, 0.05) is 43.6 Å². The molecule has 3 aromatic carbocycles. The van der Waals surface area contributed by atoms with Crippen molar-refractivity contribution in [1.82, 2.24) is 20.2 Å². The fraction of sp³-hybridized carbons (Fsp3) is 0.526. The summed E-state index contributed by atoms with van der Waals surface area (Å²) in [5.74, 6) is -1.46. The first-order chi connectivity index (χ1) is 24.3. The molecule has 4 aromatic rings. The van der Waals surface area contributed by atoms with Crippen molar-refractivity contribution in [2.24, 2.45) is 5.41 Å². The molecule has 9 nitrogen and oxygen atoms in total. The van der Waals surface area contributed by atoms with Gasteiger partial charge in [0.05, 0.1) is 35.7 Å². The Bertz CT molecular complexity index is 2130. The average Bonchev–Trinajstić information content (AvgIpc) is 3.83. The van der Waals surface area contributed by atoms with Crippen LogP contribution in [0.2, 0.25) is 0 Å². The van der Waals surface area contributed by atoms with Crippen LogP contribution >= 0.6 is 0 Å². The van der Waals surface area contributed by atoms with Gasteiger partial charge in [-0.25, -0.2) is 13.2 Å². The third-order valence-corrected chi connectivity index (χ3v) is 12.8. The molecule has 0 amide bonds. The molecule has 1 aliphatic carbocycles. The molecule has 5 atom stereocenters. The highest BCUT2D eigenvalue weighted by Gasteiger charge is 2.61. The summed E-state index contributed by atoms with van der Waals surface area (Å²) >= 11 is 0. The maximum absolute atomic E-state index is 17.4. The molecule has 0 radical (unpaired) electrons. The van der Waals surface area contributed by atoms with Gasteiger partial charge in [0.15, 0.2) is 17.4 Å². The molecule has 1 aromatic heterocycles. The Morgan fingerprint density at radius 3 is 2.82 bits per heavy atom. The number of phenols is 1. The van der Waals surface area contributed by atoms with Gasteiger partial charge in [0.2, 0.25) is 0 Å². The van der Waals surface area contributed by atoms with Gasteiger partial charge in [-0.15, -0.1) is 0 Å². The largest absolute Gasteiger partial charge is 0.508 e. The fourth-order valence-corrected chi connectivity index (χ4v) is 10.7. The van der Waals surface area contributed by atoms with E-state index in [9.17, 15) is 9.50 Å². The summed E-state index contributed by atoms with van der Waals surface area (Å²) in [6, 6.07) is 7.18. The minimum absolute atomic E-state index is 0.0000755. The number of aryl methyl sites for hydroxylation is 2. The number of ether oxygens (including phenoxy) is 3. The molecule has 3 unspecified atom stereocenters. The zero-order valence-corrected chi connectivity index (χ0v) is 27.6. The quantitative estimate of drug-likeness (QED) is 0.301. The molecule has 11 rings (SSSR count). The number of hydrogen-bond acceptors (Lipinski definition) is 9. The predicted octanol–water partition coefficient (Wildman–Crippen LogP) is 5.21. The Balaban J connectivity index is 1.10. The Labute approximate surface area is 286 Å². The number of benzene rings is 3. The van der Waals surface area contributed by atoms with Crippen LogP contribution in [0.15, 0.2) is 24.3 Å². The Kier molecular flexibility index (Phi) is 6.18. The number of alkyl halides is 1. The summed E-state index contributed by atoms with van der Waals surface area (Å²) in [5, 5.41) is 16.1. The summed E-state index contributed by atoms with van der Waals surface area (Å²) in [6.07, 6.45) is 4.70. The van der Waals surface area contributed by atoms with Crippen LogP contribution in [0.3, 0.4) is 0 Å². The molecular formula is C38H38F3N5O4. The van der Waals surface area contributed by atoms with Crippen molar-refractivity contribution < 1.29 is 32.5 Å². The number of nitrogens with zero attached hydrogens (tertiary/aromatic N) is 4. The summed E-state index contributed by atoms with van der Waals surface area (Å²) in [7, 11) is 0. The smallest absolute Gasteiger partial charge is 0.319 e. The minimum Gasteiger partial charge on any atom is -0.508 e. The van der Waals surface area contributed by atoms with E-state index < -0.39 is 23.3 Å². The van der Waals surface area contributed by atoms with E-state index in [1.54, 1.807) is 6.07 Å². The van der Waals surface area contributed by atoms with Gasteiger partial charge in [-0.3, -0.25) is 4.90 Å². The van der Waals surface area contributed by atoms with Crippen LogP contribution in [-0.2, 0) is 17.6 Å². The lowest BCUT2D eigenvalue weighted by atomic mass is 9.78. The van der Waals surface area contributed by atoms with E-state index in [4.69, 9.17) is 19.2 Å². The number of fused-ring (bicyclic) bond motifs is 9. The van der Waals surface area contributed by atoms with Crippen LogP contribution in [0.5, 0.6) is 17.5 Å². The molecule has 7 heterocycles. The lowest BCUT2D eigenvalue weighted by molar-refractivity contribution is -0.108. The third-order valence-electron chi connectivity index (χ3n) is 12.8. The van der Waals surface area contributed by atoms with E-state index >= 15 is 8.78 Å². The molecule has 1 spiro atoms. The zero-order valence-electron chi connectivity index (χ0n) is 27.6. The van der Waals surface area contributed by atoms with Crippen molar-refractivity contribution in [2.45, 2.75) is 74.8 Å². The second-order valence-corrected chi connectivity index (χ2v) is 16.0. The van der Waals surface area contributed by atoms with Crippen LogP contribution < -0.4 is 19.7 Å². The Morgan fingerprint density at radius 2 is 1.96 bits per heavy atom. The number of aromatic nitrogens is 2. The van der Waals surface area contributed by atoms with Crippen molar-refractivity contribution in [3.63, 3.8) is 0 Å².